The molecule has 4 saturated carbocycles. The Morgan fingerprint density at radius 2 is 1.38 bits per heavy atom. The summed E-state index contributed by atoms with van der Waals surface area (Å²) in [6.45, 7) is 23.9. The fourth-order valence-corrected chi connectivity index (χ4v) is 14.4. The van der Waals surface area contributed by atoms with E-state index < -0.39 is 12.0 Å². The molecule has 8 nitrogen and oxygen atoms in total. The van der Waals surface area contributed by atoms with Crippen LogP contribution in [0.25, 0.3) is 0 Å². The number of carbonyl (C=O) groups is 4. The summed E-state index contributed by atoms with van der Waals surface area (Å²) in [6.07, 6.45) is 27.4. The number of amides is 2. The van der Waals surface area contributed by atoms with Crippen LogP contribution in [0.2, 0.25) is 0 Å². The molecule has 2 amide bonds. The van der Waals surface area contributed by atoms with E-state index in [1.54, 1.807) is 19.4 Å². The molecule has 0 aromatic heterocycles. The SMILES string of the molecule is CCCCCCCCCCCC(=O)O[C@H]1CC[C@@]2(C)C(CC[C@]3(C)C2CC=C2C4CC(C)(C)CC[C@]4(C(=O)NCCCCCC(=O)N[C@H](C(=O)O)C(C)C)CC[C@]23C)C1(C)C. The molecule has 0 aliphatic heterocycles. The number of carboxylic acid groups (broad SMARTS) is 1. The molecule has 348 valence electrons. The number of carbonyl (C=O) groups excluding carboxylic acids is 3. The zero-order chi connectivity index (χ0) is 44.9. The van der Waals surface area contributed by atoms with Gasteiger partial charge in [-0.1, -0.05) is 139 Å². The maximum Gasteiger partial charge on any atom is 0.326 e. The summed E-state index contributed by atoms with van der Waals surface area (Å²) in [5.41, 5.74) is 1.62. The lowest BCUT2D eigenvalue weighted by Gasteiger charge is -2.71. The molecule has 61 heavy (non-hydrogen) atoms. The first-order valence-corrected chi connectivity index (χ1v) is 25.4. The normalized spacial score (nSPS) is 34.1. The van der Waals surface area contributed by atoms with Gasteiger partial charge in [0, 0.05) is 24.8 Å². The minimum absolute atomic E-state index is 0.00645. The Hall–Kier alpha value is -2.38. The van der Waals surface area contributed by atoms with Crippen LogP contribution in [0, 0.1) is 56.2 Å². The third-order valence-corrected chi connectivity index (χ3v) is 18.4. The van der Waals surface area contributed by atoms with Crippen molar-refractivity contribution >= 4 is 23.8 Å². The molecule has 0 saturated heterocycles. The fourth-order valence-electron chi connectivity index (χ4n) is 14.4. The van der Waals surface area contributed by atoms with Gasteiger partial charge in [0.1, 0.15) is 12.1 Å². The molecule has 3 unspecified atom stereocenters. The van der Waals surface area contributed by atoms with Gasteiger partial charge in [-0.3, -0.25) is 14.4 Å². The van der Waals surface area contributed by atoms with Crippen LogP contribution in [0.1, 0.15) is 223 Å². The first-order chi connectivity index (χ1) is 28.7. The van der Waals surface area contributed by atoms with Crippen LogP contribution in [0.5, 0.6) is 0 Å². The summed E-state index contributed by atoms with van der Waals surface area (Å²) in [5.74, 6) is 0.113. The number of carboxylic acids is 1. The number of allylic oxidation sites excluding steroid dienone is 2. The van der Waals surface area contributed by atoms with Crippen molar-refractivity contribution in [1.29, 1.82) is 0 Å². The van der Waals surface area contributed by atoms with Crippen molar-refractivity contribution < 1.29 is 29.0 Å². The highest BCUT2D eigenvalue weighted by molar-refractivity contribution is 5.84. The van der Waals surface area contributed by atoms with E-state index in [2.05, 4.69) is 72.1 Å². The number of unbranched alkanes of at least 4 members (excludes halogenated alkanes) is 10. The molecule has 0 spiro atoms. The lowest BCUT2D eigenvalue weighted by atomic mass is 9.33. The summed E-state index contributed by atoms with van der Waals surface area (Å²) in [6, 6.07) is -0.869. The second kappa shape index (κ2) is 20.2. The fraction of sp³-hybridized carbons (Fsp3) is 0.887. The van der Waals surface area contributed by atoms with E-state index in [-0.39, 0.29) is 68.2 Å². The van der Waals surface area contributed by atoms with Gasteiger partial charge < -0.3 is 20.5 Å². The summed E-state index contributed by atoms with van der Waals surface area (Å²) < 4.78 is 6.41. The highest BCUT2D eigenvalue weighted by Gasteiger charge is 2.69. The first kappa shape index (κ1) is 49.6. The van der Waals surface area contributed by atoms with Crippen molar-refractivity contribution in [3.05, 3.63) is 11.6 Å². The van der Waals surface area contributed by atoms with Crippen molar-refractivity contribution in [3.8, 4) is 0 Å². The number of rotatable bonds is 21. The lowest BCUT2D eigenvalue weighted by Crippen LogP contribution is -2.65. The summed E-state index contributed by atoms with van der Waals surface area (Å²) >= 11 is 0. The number of hydrogen-bond donors (Lipinski definition) is 3. The molecular formula is C53H90N2O6. The molecule has 5 rings (SSSR count). The van der Waals surface area contributed by atoms with E-state index in [9.17, 15) is 24.3 Å². The Balaban J connectivity index is 1.21. The maximum absolute atomic E-state index is 14.6. The van der Waals surface area contributed by atoms with E-state index in [0.717, 1.165) is 83.5 Å². The van der Waals surface area contributed by atoms with Crippen LogP contribution in [-0.4, -0.2) is 47.6 Å². The average Bonchev–Trinajstić information content (AvgIpc) is 3.18. The van der Waals surface area contributed by atoms with Crippen molar-refractivity contribution in [2.45, 2.75) is 235 Å². The molecule has 4 fully saturated rings. The Bertz CT molecular complexity index is 1570. The topological polar surface area (TPSA) is 122 Å². The van der Waals surface area contributed by atoms with Crippen molar-refractivity contribution in [3.63, 3.8) is 0 Å². The molecule has 5 aliphatic rings. The van der Waals surface area contributed by atoms with Gasteiger partial charge in [-0.2, -0.15) is 0 Å². The van der Waals surface area contributed by atoms with Crippen LogP contribution < -0.4 is 10.6 Å². The Morgan fingerprint density at radius 3 is 2.03 bits per heavy atom. The summed E-state index contributed by atoms with van der Waals surface area (Å²) in [5, 5.41) is 15.5. The van der Waals surface area contributed by atoms with Gasteiger partial charge in [-0.15, -0.1) is 0 Å². The molecule has 0 aromatic carbocycles. The number of nitrogens with one attached hydrogen (secondary N) is 2. The van der Waals surface area contributed by atoms with E-state index in [0.29, 0.717) is 37.6 Å². The third-order valence-electron chi connectivity index (χ3n) is 18.4. The van der Waals surface area contributed by atoms with Crippen molar-refractivity contribution in [2.24, 2.45) is 56.2 Å². The third kappa shape index (κ3) is 10.4. The monoisotopic (exact) mass is 851 g/mol. The van der Waals surface area contributed by atoms with Crippen LogP contribution in [0.3, 0.4) is 0 Å². The first-order valence-electron chi connectivity index (χ1n) is 25.4. The maximum atomic E-state index is 14.6. The molecule has 0 bridgehead atoms. The van der Waals surface area contributed by atoms with Gasteiger partial charge in [-0.05, 0) is 129 Å². The van der Waals surface area contributed by atoms with Crippen LogP contribution >= 0.6 is 0 Å². The smallest absolute Gasteiger partial charge is 0.326 e. The van der Waals surface area contributed by atoms with Gasteiger partial charge in [0.05, 0.1) is 5.41 Å². The predicted octanol–water partition coefficient (Wildman–Crippen LogP) is 12.5. The molecule has 0 heterocycles. The number of fused-ring (bicyclic) bond motifs is 7. The Morgan fingerprint density at radius 1 is 0.754 bits per heavy atom. The Labute approximate surface area is 372 Å². The predicted molar refractivity (Wildman–Crippen MR) is 247 cm³/mol. The molecule has 0 aromatic rings. The number of aliphatic carboxylic acids is 1. The zero-order valence-electron chi connectivity index (χ0n) is 40.7. The zero-order valence-corrected chi connectivity index (χ0v) is 40.7. The molecular weight excluding hydrogens is 761 g/mol. The van der Waals surface area contributed by atoms with E-state index in [1.807, 2.05) is 0 Å². The van der Waals surface area contributed by atoms with Crippen LogP contribution in [0.4, 0.5) is 0 Å². The van der Waals surface area contributed by atoms with Crippen molar-refractivity contribution in [1.82, 2.24) is 10.6 Å². The minimum atomic E-state index is -1.00. The standard InChI is InChI=1S/C53H90N2O6/c1-11-12-13-14-15-16-17-18-21-24-44(57)61-42-28-29-50(8)40(49(42,6)7)27-30-52(10)41(50)26-25-38-39-36-48(4,5)31-33-53(39,34-32-51(38,52)9)47(60)54-35-22-19-20-23-43(56)55-45(37(2)3)46(58)59/h25,37,39-42,45H,11-24,26-36H2,1-10H3,(H,54,60)(H,55,56)(H,58,59)/t39?,40?,41?,42-,45-,50-,51+,52+,53-/m0/s1. The lowest BCUT2D eigenvalue weighted by molar-refractivity contribution is -0.213. The molecule has 9 atom stereocenters. The molecule has 5 aliphatic carbocycles. The Kier molecular flexibility index (Phi) is 16.4. The molecule has 8 heteroatoms. The van der Waals surface area contributed by atoms with E-state index in [1.165, 1.54) is 51.4 Å². The van der Waals surface area contributed by atoms with Gasteiger partial charge >= 0.3 is 11.9 Å². The van der Waals surface area contributed by atoms with Crippen molar-refractivity contribution in [2.75, 3.05) is 6.54 Å². The number of esters is 1. The van der Waals surface area contributed by atoms with Gasteiger partial charge in [0.25, 0.3) is 0 Å². The van der Waals surface area contributed by atoms with Crippen LogP contribution in [0.15, 0.2) is 11.6 Å². The molecule has 0 radical (unpaired) electrons. The second-order valence-corrected chi connectivity index (χ2v) is 23.5. The second-order valence-electron chi connectivity index (χ2n) is 23.5. The molecule has 3 N–H and O–H groups in total. The van der Waals surface area contributed by atoms with Gasteiger partial charge in [0.15, 0.2) is 0 Å². The van der Waals surface area contributed by atoms with E-state index in [4.69, 9.17) is 4.74 Å². The number of ether oxygens (including phenoxy) is 1. The highest BCUT2D eigenvalue weighted by Crippen LogP contribution is 2.76. The highest BCUT2D eigenvalue weighted by atomic mass is 16.5. The minimum Gasteiger partial charge on any atom is -0.480 e. The number of hydrogen-bond acceptors (Lipinski definition) is 5. The van der Waals surface area contributed by atoms with E-state index >= 15 is 0 Å². The van der Waals surface area contributed by atoms with Gasteiger partial charge in [-0.25, -0.2) is 4.79 Å². The average molecular weight is 851 g/mol. The summed E-state index contributed by atoms with van der Waals surface area (Å²) in [4.78, 5) is 51.8. The van der Waals surface area contributed by atoms with Crippen LogP contribution in [-0.2, 0) is 23.9 Å². The summed E-state index contributed by atoms with van der Waals surface area (Å²) in [7, 11) is 0. The van der Waals surface area contributed by atoms with Gasteiger partial charge in [0.2, 0.25) is 11.8 Å². The largest absolute Gasteiger partial charge is 0.480 e. The quantitative estimate of drug-likeness (QED) is 0.0601.